The van der Waals surface area contributed by atoms with E-state index in [4.69, 9.17) is 4.42 Å². The van der Waals surface area contributed by atoms with E-state index in [2.05, 4.69) is 5.32 Å². The van der Waals surface area contributed by atoms with E-state index in [1.54, 1.807) is 29.8 Å². The Kier molecular flexibility index (Phi) is 6.16. The van der Waals surface area contributed by atoms with Crippen LogP contribution < -0.4 is 10.0 Å². The molecule has 0 aliphatic carbocycles. The van der Waals surface area contributed by atoms with Crippen LogP contribution in [0, 0.1) is 0 Å². The fourth-order valence-corrected chi connectivity index (χ4v) is 3.90. The van der Waals surface area contributed by atoms with Crippen molar-refractivity contribution >= 4 is 21.8 Å². The number of furan rings is 1. The van der Waals surface area contributed by atoms with E-state index in [1.165, 1.54) is 0 Å². The first kappa shape index (κ1) is 21.4. The molecule has 3 rings (SSSR count). The van der Waals surface area contributed by atoms with Gasteiger partial charge in [-0.15, -0.1) is 0 Å². The molecule has 160 valence electrons. The van der Waals surface area contributed by atoms with Crippen LogP contribution in [0.2, 0.25) is 0 Å². The Hall–Kier alpha value is -3.27. The summed E-state index contributed by atoms with van der Waals surface area (Å²) in [7, 11) is -2.33. The van der Waals surface area contributed by atoms with Crippen LogP contribution in [0.5, 0.6) is 0 Å². The highest BCUT2D eigenvalue weighted by Crippen LogP contribution is 2.17. The fraction of sp³-hybridized carbons (Fsp3) is 0.300. The number of hydrogen-bond acceptors (Lipinski definition) is 5. The molecule has 0 spiro atoms. The molecule has 1 unspecified atom stereocenters. The van der Waals surface area contributed by atoms with Gasteiger partial charge in [0.05, 0.1) is 6.04 Å². The van der Waals surface area contributed by atoms with Crippen molar-refractivity contribution in [1.29, 1.82) is 0 Å². The summed E-state index contributed by atoms with van der Waals surface area (Å²) in [6.45, 7) is 4.35. The third-order valence-electron chi connectivity index (χ3n) is 4.57. The van der Waals surface area contributed by atoms with E-state index >= 15 is 0 Å². The molecule has 2 amide bonds. The van der Waals surface area contributed by atoms with Gasteiger partial charge < -0.3 is 18.9 Å². The van der Waals surface area contributed by atoms with Crippen molar-refractivity contribution in [2.24, 2.45) is 7.05 Å². The predicted octanol–water partition coefficient (Wildman–Crippen LogP) is 2.44. The summed E-state index contributed by atoms with van der Waals surface area (Å²) in [5.41, 5.74) is 1.13. The van der Waals surface area contributed by atoms with Crippen molar-refractivity contribution in [2.75, 3.05) is 0 Å². The molecule has 30 heavy (non-hydrogen) atoms. The lowest BCUT2D eigenvalue weighted by atomic mass is 10.2. The number of amides is 2. The number of carbonyl (C=O) groups excluding carboxylic acids is 2. The smallest absolute Gasteiger partial charge is 0.287 e. The molecular formula is C20H24N4O5S. The first-order valence-electron chi connectivity index (χ1n) is 9.45. The molecule has 3 aromatic heterocycles. The predicted molar refractivity (Wildman–Crippen MR) is 109 cm³/mol. The lowest BCUT2D eigenvalue weighted by Gasteiger charge is -2.11. The second kappa shape index (κ2) is 8.62. The van der Waals surface area contributed by atoms with E-state index in [-0.39, 0.29) is 22.4 Å². The average molecular weight is 433 g/mol. The number of rotatable bonds is 8. The van der Waals surface area contributed by atoms with Gasteiger partial charge in [0.25, 0.3) is 21.8 Å². The molecule has 0 aromatic carbocycles. The van der Waals surface area contributed by atoms with Gasteiger partial charge in [0.15, 0.2) is 5.76 Å². The molecule has 1 atom stereocenters. The highest BCUT2D eigenvalue weighted by atomic mass is 32.2. The second-order valence-corrected chi connectivity index (χ2v) is 8.66. The lowest BCUT2D eigenvalue weighted by molar-refractivity contribution is 0.0910. The van der Waals surface area contributed by atoms with Gasteiger partial charge in [0.2, 0.25) is 0 Å². The average Bonchev–Trinajstić information content (AvgIpc) is 3.42. The summed E-state index contributed by atoms with van der Waals surface area (Å²) >= 11 is 0. The third-order valence-corrected chi connectivity index (χ3v) is 5.85. The first-order chi connectivity index (χ1) is 14.2. The van der Waals surface area contributed by atoms with Crippen molar-refractivity contribution in [1.82, 2.24) is 19.2 Å². The fourth-order valence-electron chi connectivity index (χ4n) is 3.00. The maximum absolute atomic E-state index is 12.6. The van der Waals surface area contributed by atoms with E-state index in [0.717, 1.165) is 24.3 Å². The van der Waals surface area contributed by atoms with Crippen LogP contribution >= 0.6 is 0 Å². The third kappa shape index (κ3) is 4.65. The molecule has 0 bridgehead atoms. The summed E-state index contributed by atoms with van der Waals surface area (Å²) < 4.78 is 35.8. The zero-order valence-electron chi connectivity index (χ0n) is 17.0. The number of carbonyl (C=O) groups is 2. The van der Waals surface area contributed by atoms with Gasteiger partial charge in [-0.05, 0) is 37.1 Å². The number of nitrogens with zero attached hydrogens (tertiary/aromatic N) is 2. The van der Waals surface area contributed by atoms with Crippen LogP contribution in [0.15, 0.2) is 58.4 Å². The van der Waals surface area contributed by atoms with Gasteiger partial charge in [-0.2, -0.15) is 0 Å². The van der Waals surface area contributed by atoms with Crippen molar-refractivity contribution in [3.8, 4) is 0 Å². The Labute approximate surface area is 174 Å². The zero-order chi connectivity index (χ0) is 21.9. The molecule has 0 aliphatic rings. The van der Waals surface area contributed by atoms with Gasteiger partial charge in [-0.3, -0.25) is 9.59 Å². The zero-order valence-corrected chi connectivity index (χ0v) is 17.8. The monoisotopic (exact) mass is 432 g/mol. The lowest BCUT2D eigenvalue weighted by Crippen LogP contribution is -2.32. The van der Waals surface area contributed by atoms with Gasteiger partial charge in [-0.25, -0.2) is 13.1 Å². The maximum Gasteiger partial charge on any atom is 0.287 e. The molecule has 3 heterocycles. The van der Waals surface area contributed by atoms with Crippen LogP contribution in [0.1, 0.15) is 52.9 Å². The number of hydrogen-bond donors (Lipinski definition) is 2. The van der Waals surface area contributed by atoms with Crippen LogP contribution in [0.25, 0.3) is 0 Å². The molecule has 0 saturated heterocycles. The Balaban J connectivity index is 1.70. The van der Waals surface area contributed by atoms with E-state index in [9.17, 15) is 18.0 Å². The highest BCUT2D eigenvalue weighted by molar-refractivity contribution is 7.90. The second-order valence-electron chi connectivity index (χ2n) is 6.97. The minimum Gasteiger partial charge on any atom is -0.458 e. The van der Waals surface area contributed by atoms with Gasteiger partial charge >= 0.3 is 0 Å². The van der Waals surface area contributed by atoms with Gasteiger partial charge in [0.1, 0.15) is 16.9 Å². The number of aryl methyl sites for hydroxylation is 2. The van der Waals surface area contributed by atoms with Crippen LogP contribution in [0.4, 0.5) is 0 Å². The minimum atomic E-state index is -4.20. The minimum absolute atomic E-state index is 0.167. The molecule has 9 nitrogen and oxygen atoms in total. The molecule has 0 radical (unpaired) electrons. The number of nitrogens with one attached hydrogen (secondary N) is 2. The Morgan fingerprint density at radius 1 is 1.20 bits per heavy atom. The van der Waals surface area contributed by atoms with Crippen molar-refractivity contribution in [2.45, 2.75) is 37.8 Å². The Morgan fingerprint density at radius 3 is 2.63 bits per heavy atom. The maximum atomic E-state index is 12.6. The first-order valence-corrected chi connectivity index (χ1v) is 10.9. The largest absolute Gasteiger partial charge is 0.458 e. The standard InChI is InChI=1S/C20H24N4O5S/c1-4-8-24-9-5-6-17(24)19(25)22-30(27,28)16-11-18(29-13-16)20(26)21-14(2)15-7-10-23(3)12-15/h5-7,9-14H,4,8H2,1-3H3,(H,21,26)(H,22,25). The van der Waals surface area contributed by atoms with Crippen LogP contribution in [-0.4, -0.2) is 29.4 Å². The van der Waals surface area contributed by atoms with Crippen molar-refractivity contribution < 1.29 is 22.4 Å². The Bertz CT molecular complexity index is 1160. The van der Waals surface area contributed by atoms with Crippen LogP contribution in [0.3, 0.4) is 0 Å². The summed E-state index contributed by atoms with van der Waals surface area (Å²) in [6.07, 6.45) is 7.16. The summed E-state index contributed by atoms with van der Waals surface area (Å²) in [6, 6.07) is 5.88. The van der Waals surface area contributed by atoms with Crippen molar-refractivity contribution in [3.05, 3.63) is 66.1 Å². The van der Waals surface area contributed by atoms with Crippen molar-refractivity contribution in [3.63, 3.8) is 0 Å². The van der Waals surface area contributed by atoms with E-state index in [1.807, 2.05) is 41.7 Å². The van der Waals surface area contributed by atoms with Gasteiger partial charge in [-0.1, -0.05) is 6.92 Å². The molecule has 0 aliphatic heterocycles. The topological polar surface area (TPSA) is 115 Å². The normalized spacial score (nSPS) is 12.5. The summed E-state index contributed by atoms with van der Waals surface area (Å²) in [5, 5.41) is 2.74. The van der Waals surface area contributed by atoms with Gasteiger partial charge in [0, 0.05) is 38.2 Å². The molecular weight excluding hydrogens is 408 g/mol. The summed E-state index contributed by atoms with van der Waals surface area (Å²) in [4.78, 5) is 24.5. The SMILES string of the molecule is CCCn1cccc1C(=O)NS(=O)(=O)c1coc(C(=O)NC(C)c2ccn(C)c2)c1. The summed E-state index contributed by atoms with van der Waals surface area (Å²) in [5.74, 6) is -1.48. The highest BCUT2D eigenvalue weighted by Gasteiger charge is 2.25. The number of sulfonamides is 1. The molecule has 2 N–H and O–H groups in total. The van der Waals surface area contributed by atoms with E-state index in [0.29, 0.717) is 6.54 Å². The number of aromatic nitrogens is 2. The molecule has 3 aromatic rings. The molecule has 10 heteroatoms. The molecule has 0 fully saturated rings. The quantitative estimate of drug-likeness (QED) is 0.567. The molecule has 0 saturated carbocycles. The van der Waals surface area contributed by atoms with Crippen LogP contribution in [-0.2, 0) is 23.6 Å². The Morgan fingerprint density at radius 2 is 1.97 bits per heavy atom. The van der Waals surface area contributed by atoms with E-state index < -0.39 is 21.8 Å².